The van der Waals surface area contributed by atoms with Gasteiger partial charge in [-0.3, -0.25) is 14.4 Å². The van der Waals surface area contributed by atoms with Gasteiger partial charge >= 0.3 is 6.09 Å². The van der Waals surface area contributed by atoms with E-state index in [1.807, 2.05) is 83.8 Å². The topological polar surface area (TPSA) is 110 Å². The zero-order valence-corrected chi connectivity index (χ0v) is 23.9. The molecule has 220 valence electrons. The Morgan fingerprint density at radius 2 is 1.81 bits per heavy atom. The van der Waals surface area contributed by atoms with E-state index >= 15 is 0 Å². The van der Waals surface area contributed by atoms with Crippen LogP contribution in [0.2, 0.25) is 0 Å². The minimum atomic E-state index is -1.16. The van der Waals surface area contributed by atoms with Crippen LogP contribution < -0.4 is 9.80 Å². The normalized spacial score (nSPS) is 23.7. The number of benzene rings is 3. The Morgan fingerprint density at radius 3 is 2.56 bits per heavy atom. The number of cyclic esters (lactones) is 1. The molecule has 3 aliphatic rings. The SMILES string of the molecule is C[C@@H]1C[C@H](CCn2cc([C@H](O)c3ccccc3)nn2)O[C@@]12C(=O)N(Cc1ccccc1)c1ccc(N3CCOC3=O)cc12. The zero-order valence-electron chi connectivity index (χ0n) is 23.9. The van der Waals surface area contributed by atoms with Gasteiger partial charge in [0.1, 0.15) is 18.4 Å². The molecule has 43 heavy (non-hydrogen) atoms. The van der Waals surface area contributed by atoms with Gasteiger partial charge in [-0.2, -0.15) is 0 Å². The Kier molecular flexibility index (Phi) is 6.95. The molecule has 10 nitrogen and oxygen atoms in total. The van der Waals surface area contributed by atoms with Crippen molar-refractivity contribution in [1.82, 2.24) is 15.0 Å². The fraction of sp³-hybridized carbons (Fsp3) is 0.333. The van der Waals surface area contributed by atoms with Gasteiger partial charge in [0, 0.05) is 23.7 Å². The van der Waals surface area contributed by atoms with Crippen molar-refractivity contribution < 1.29 is 24.2 Å². The molecule has 4 heterocycles. The van der Waals surface area contributed by atoms with Crippen molar-refractivity contribution >= 4 is 23.4 Å². The summed E-state index contributed by atoms with van der Waals surface area (Å²) in [6, 6.07) is 25.0. The van der Waals surface area contributed by atoms with E-state index in [2.05, 4.69) is 17.2 Å². The van der Waals surface area contributed by atoms with Crippen molar-refractivity contribution in [2.75, 3.05) is 23.0 Å². The van der Waals surface area contributed by atoms with E-state index in [0.717, 1.165) is 22.4 Å². The van der Waals surface area contributed by atoms with Crippen LogP contribution in [0.25, 0.3) is 0 Å². The summed E-state index contributed by atoms with van der Waals surface area (Å²) in [6.45, 7) is 3.81. The lowest BCUT2D eigenvalue weighted by Gasteiger charge is -2.28. The number of anilines is 2. The van der Waals surface area contributed by atoms with Gasteiger partial charge in [0.2, 0.25) is 0 Å². The first-order chi connectivity index (χ1) is 20.9. The van der Waals surface area contributed by atoms with Gasteiger partial charge in [-0.1, -0.05) is 72.8 Å². The largest absolute Gasteiger partial charge is 0.447 e. The van der Waals surface area contributed by atoms with E-state index < -0.39 is 11.7 Å². The lowest BCUT2D eigenvalue weighted by atomic mass is 9.82. The van der Waals surface area contributed by atoms with E-state index in [0.29, 0.717) is 50.5 Å². The van der Waals surface area contributed by atoms with Crippen LogP contribution in [0.1, 0.15) is 48.3 Å². The molecule has 1 N–H and O–H groups in total. The highest BCUT2D eigenvalue weighted by Gasteiger charge is 2.60. The van der Waals surface area contributed by atoms with Crippen molar-refractivity contribution in [3.63, 3.8) is 0 Å². The fourth-order valence-corrected chi connectivity index (χ4v) is 6.59. The number of nitrogens with zero attached hydrogens (tertiary/aromatic N) is 5. The van der Waals surface area contributed by atoms with Gasteiger partial charge in [-0.15, -0.1) is 5.10 Å². The number of aliphatic hydroxyl groups is 1. The van der Waals surface area contributed by atoms with Crippen LogP contribution in [0.4, 0.5) is 16.2 Å². The van der Waals surface area contributed by atoms with Gasteiger partial charge in [0.15, 0.2) is 5.60 Å². The molecule has 1 spiro atoms. The molecule has 4 aromatic rings. The van der Waals surface area contributed by atoms with Crippen LogP contribution >= 0.6 is 0 Å². The molecule has 10 heteroatoms. The Bertz CT molecular complexity index is 1640. The number of aliphatic hydroxyl groups excluding tert-OH is 1. The highest BCUT2D eigenvalue weighted by molar-refractivity contribution is 6.08. The van der Waals surface area contributed by atoms with Crippen LogP contribution in [0.5, 0.6) is 0 Å². The number of fused-ring (bicyclic) bond motifs is 2. The lowest BCUT2D eigenvalue weighted by Crippen LogP contribution is -2.43. The zero-order chi connectivity index (χ0) is 29.6. The average molecular weight is 580 g/mol. The highest BCUT2D eigenvalue weighted by atomic mass is 16.6. The number of hydrogen-bond donors (Lipinski definition) is 1. The predicted molar refractivity (Wildman–Crippen MR) is 158 cm³/mol. The first-order valence-corrected chi connectivity index (χ1v) is 14.7. The van der Waals surface area contributed by atoms with Crippen LogP contribution in [-0.2, 0) is 33.0 Å². The standard InChI is InChI=1S/C33H33N5O5/c1-22-18-26(14-15-36-21-28(34-35-36)30(39)24-10-6-3-7-11-24)43-33(22)27-19-25(37-16-17-42-32(37)41)12-13-29(27)38(31(33)40)20-23-8-4-2-5-9-23/h2-13,19,21-22,26,30,39H,14-18,20H2,1H3/t22-,26+,30-,33+/m1/s1. The number of amides is 2. The number of aryl methyl sites for hydroxylation is 1. The minimum absolute atomic E-state index is 0.0865. The Balaban J connectivity index is 1.14. The van der Waals surface area contributed by atoms with Gasteiger partial charge in [-0.25, -0.2) is 4.79 Å². The summed E-state index contributed by atoms with van der Waals surface area (Å²) in [7, 11) is 0. The molecule has 0 unspecified atom stereocenters. The van der Waals surface area contributed by atoms with E-state index in [1.165, 1.54) is 0 Å². The summed E-state index contributed by atoms with van der Waals surface area (Å²) in [6.07, 6.45) is 1.62. The molecular formula is C33H33N5O5. The molecule has 0 aliphatic carbocycles. The Morgan fingerprint density at radius 1 is 1.05 bits per heavy atom. The summed E-state index contributed by atoms with van der Waals surface area (Å²) >= 11 is 0. The Labute approximate surface area is 249 Å². The first-order valence-electron chi connectivity index (χ1n) is 14.7. The van der Waals surface area contributed by atoms with Crippen LogP contribution in [0.15, 0.2) is 85.1 Å². The molecule has 2 saturated heterocycles. The smallest absolute Gasteiger partial charge is 0.414 e. The molecule has 3 aliphatic heterocycles. The monoisotopic (exact) mass is 579 g/mol. The third-order valence-corrected chi connectivity index (χ3v) is 8.78. The number of rotatable bonds is 8. The number of ether oxygens (including phenoxy) is 2. The predicted octanol–water partition coefficient (Wildman–Crippen LogP) is 4.57. The van der Waals surface area contributed by atoms with Crippen molar-refractivity contribution in [2.24, 2.45) is 5.92 Å². The third kappa shape index (κ3) is 4.76. The molecule has 0 saturated carbocycles. The van der Waals surface area contributed by atoms with Gasteiger partial charge in [-0.05, 0) is 42.2 Å². The quantitative estimate of drug-likeness (QED) is 0.326. The van der Waals surface area contributed by atoms with Crippen molar-refractivity contribution in [3.05, 3.63) is 107 Å². The highest BCUT2D eigenvalue weighted by Crippen LogP contribution is 2.54. The molecular weight excluding hydrogens is 546 g/mol. The van der Waals surface area contributed by atoms with E-state index in [-0.39, 0.29) is 24.0 Å². The minimum Gasteiger partial charge on any atom is -0.447 e. The number of aromatic nitrogens is 3. The summed E-state index contributed by atoms with van der Waals surface area (Å²) in [4.78, 5) is 30.2. The van der Waals surface area contributed by atoms with Gasteiger partial charge in [0.05, 0.1) is 31.1 Å². The number of carbonyl (C=O) groups excluding carboxylic acids is 2. The Hall–Kier alpha value is -4.54. The summed E-state index contributed by atoms with van der Waals surface area (Å²) < 4.78 is 13.7. The molecule has 0 bridgehead atoms. The molecule has 0 radical (unpaired) electrons. The average Bonchev–Trinajstić information content (AvgIpc) is 3.81. The summed E-state index contributed by atoms with van der Waals surface area (Å²) in [5.41, 5.74) is 3.38. The molecule has 2 amide bonds. The maximum Gasteiger partial charge on any atom is 0.414 e. The number of hydrogen-bond acceptors (Lipinski definition) is 7. The number of carbonyl (C=O) groups is 2. The maximum absolute atomic E-state index is 14.4. The molecule has 4 atom stereocenters. The van der Waals surface area contributed by atoms with Gasteiger partial charge in [0.25, 0.3) is 5.91 Å². The van der Waals surface area contributed by atoms with Crippen molar-refractivity contribution in [3.8, 4) is 0 Å². The fourth-order valence-electron chi connectivity index (χ4n) is 6.59. The molecule has 1 aromatic heterocycles. The van der Waals surface area contributed by atoms with E-state index in [9.17, 15) is 14.7 Å². The molecule has 2 fully saturated rings. The van der Waals surface area contributed by atoms with Crippen molar-refractivity contribution in [1.29, 1.82) is 0 Å². The summed E-state index contributed by atoms with van der Waals surface area (Å²) in [5, 5.41) is 19.1. The first kappa shape index (κ1) is 27.3. The van der Waals surface area contributed by atoms with Crippen LogP contribution in [0, 0.1) is 5.92 Å². The van der Waals surface area contributed by atoms with Crippen LogP contribution in [-0.4, -0.2) is 51.4 Å². The second-order valence-corrected chi connectivity index (χ2v) is 11.5. The second-order valence-electron chi connectivity index (χ2n) is 11.5. The van der Waals surface area contributed by atoms with Crippen LogP contribution in [0.3, 0.4) is 0 Å². The summed E-state index contributed by atoms with van der Waals surface area (Å²) in [5.74, 6) is -0.187. The van der Waals surface area contributed by atoms with E-state index in [1.54, 1.807) is 15.8 Å². The second kappa shape index (κ2) is 10.9. The third-order valence-electron chi connectivity index (χ3n) is 8.78. The molecule has 7 rings (SSSR count). The van der Waals surface area contributed by atoms with Gasteiger partial charge < -0.3 is 19.5 Å². The maximum atomic E-state index is 14.4. The van der Waals surface area contributed by atoms with Crippen molar-refractivity contribution in [2.45, 2.75) is 50.7 Å². The molecule has 3 aromatic carbocycles. The lowest BCUT2D eigenvalue weighted by molar-refractivity contribution is -0.146. The van der Waals surface area contributed by atoms with E-state index in [4.69, 9.17) is 9.47 Å².